The number of likely N-dealkylation sites (tertiary alicyclic amines) is 1. The van der Waals surface area contributed by atoms with Gasteiger partial charge < -0.3 is 19.4 Å². The maximum absolute atomic E-state index is 12.8. The lowest BCUT2D eigenvalue weighted by Gasteiger charge is -2.41. The Kier molecular flexibility index (Phi) is 8.79. The normalized spacial score (nSPS) is 20.3. The van der Waals surface area contributed by atoms with Crippen LogP contribution in [-0.2, 0) is 11.2 Å². The number of benzene rings is 2. The predicted octanol–water partition coefficient (Wildman–Crippen LogP) is 5.25. The van der Waals surface area contributed by atoms with Crippen LogP contribution in [0.3, 0.4) is 0 Å². The van der Waals surface area contributed by atoms with Crippen molar-refractivity contribution in [3.8, 4) is 18.1 Å². The molecule has 2 aromatic carbocycles. The number of piperazine rings is 1. The number of likely N-dealkylation sites (N-methyl/N-ethyl adjacent to an activating group) is 1. The van der Waals surface area contributed by atoms with Crippen molar-refractivity contribution in [2.24, 2.45) is 0 Å². The summed E-state index contributed by atoms with van der Waals surface area (Å²) in [7, 11) is 2.12. The fourth-order valence-corrected chi connectivity index (χ4v) is 6.89. The predicted molar refractivity (Wildman–Crippen MR) is 171 cm³/mol. The molecule has 10 heteroatoms. The van der Waals surface area contributed by atoms with Crippen molar-refractivity contribution < 1.29 is 9.53 Å². The van der Waals surface area contributed by atoms with Crippen molar-refractivity contribution in [3.63, 3.8) is 0 Å². The SMILES string of the molecule is CN1CCC[C@H]1COc1nc2c(c(N3CCN(C(=O)/C=C/C#N)[C@@H](CC#N)C3)n1)CCC(c1cccc3cccc(Cl)c13)=C2. The standard InChI is InChI=1S/C34H34ClN7O2/c1-40-17-5-8-26(40)22-44-34-38-30-20-24(27-9-2-6-23-7-3-10-29(35)32(23)27)12-13-28(30)33(39-34)41-18-19-42(25(21-41)14-16-37)31(43)11-4-15-36/h2-4,6-7,9-11,20,25-26H,5,8,12-14,17-19,21-22H2,1H3/b11-4+/t25-,26-/m0/s1. The van der Waals surface area contributed by atoms with E-state index in [4.69, 9.17) is 31.6 Å². The number of nitrogens with zero attached hydrogens (tertiary/aromatic N) is 7. The van der Waals surface area contributed by atoms with E-state index in [1.54, 1.807) is 4.90 Å². The van der Waals surface area contributed by atoms with Gasteiger partial charge in [-0.3, -0.25) is 4.79 Å². The molecule has 1 aromatic heterocycles. The van der Waals surface area contributed by atoms with Crippen LogP contribution in [0, 0.1) is 22.7 Å². The molecule has 0 radical (unpaired) electrons. The fraction of sp³-hybridized carbons (Fsp3) is 0.382. The summed E-state index contributed by atoms with van der Waals surface area (Å²) in [6.45, 7) is 2.96. The van der Waals surface area contributed by atoms with E-state index in [2.05, 4.69) is 53.3 Å². The number of rotatable bonds is 7. The number of halogens is 1. The van der Waals surface area contributed by atoms with E-state index in [1.165, 1.54) is 12.2 Å². The van der Waals surface area contributed by atoms with Gasteiger partial charge >= 0.3 is 6.01 Å². The number of aromatic nitrogens is 2. The van der Waals surface area contributed by atoms with Crippen LogP contribution in [0.1, 0.15) is 42.5 Å². The quantitative estimate of drug-likeness (QED) is 0.264. The van der Waals surface area contributed by atoms with Crippen LogP contribution in [0.15, 0.2) is 48.6 Å². The van der Waals surface area contributed by atoms with E-state index < -0.39 is 0 Å². The Morgan fingerprint density at radius 2 is 1.95 bits per heavy atom. The summed E-state index contributed by atoms with van der Waals surface area (Å²) in [5.74, 6) is 0.529. The highest BCUT2D eigenvalue weighted by molar-refractivity contribution is 6.36. The lowest BCUT2D eigenvalue weighted by atomic mass is 9.88. The van der Waals surface area contributed by atoms with Gasteiger partial charge in [-0.25, -0.2) is 0 Å². The minimum atomic E-state index is -0.334. The minimum Gasteiger partial charge on any atom is -0.462 e. The van der Waals surface area contributed by atoms with Crippen LogP contribution < -0.4 is 9.64 Å². The summed E-state index contributed by atoms with van der Waals surface area (Å²) in [5.41, 5.74) is 4.11. The third kappa shape index (κ3) is 5.99. The number of nitriles is 2. The molecule has 0 spiro atoms. The molecule has 0 N–H and O–H groups in total. The average molecular weight is 608 g/mol. The Labute approximate surface area is 262 Å². The van der Waals surface area contributed by atoms with Gasteiger partial charge in [-0.2, -0.15) is 20.5 Å². The van der Waals surface area contributed by atoms with Crippen LogP contribution in [0.25, 0.3) is 22.4 Å². The summed E-state index contributed by atoms with van der Waals surface area (Å²) < 4.78 is 6.27. The zero-order valence-corrected chi connectivity index (χ0v) is 25.5. The molecule has 3 aliphatic rings. The summed E-state index contributed by atoms with van der Waals surface area (Å²) in [4.78, 5) is 28.8. The van der Waals surface area contributed by atoms with Gasteiger partial charge in [0.05, 0.1) is 30.3 Å². The van der Waals surface area contributed by atoms with Gasteiger partial charge in [-0.05, 0) is 67.9 Å². The number of hydrogen-bond acceptors (Lipinski definition) is 8. The van der Waals surface area contributed by atoms with Gasteiger partial charge in [0.15, 0.2) is 0 Å². The van der Waals surface area contributed by atoms with Crippen LogP contribution in [0.4, 0.5) is 5.82 Å². The molecule has 2 atom stereocenters. The molecule has 1 aliphatic carbocycles. The van der Waals surface area contributed by atoms with Gasteiger partial charge in [-0.1, -0.05) is 41.9 Å². The summed E-state index contributed by atoms with van der Waals surface area (Å²) in [6, 6.07) is 16.6. The Morgan fingerprint density at radius 1 is 1.11 bits per heavy atom. The third-order valence-electron chi connectivity index (χ3n) is 8.92. The van der Waals surface area contributed by atoms with Crippen molar-refractivity contribution in [2.45, 2.75) is 44.2 Å². The smallest absolute Gasteiger partial charge is 0.318 e. The van der Waals surface area contributed by atoms with Crippen LogP contribution in [0.5, 0.6) is 6.01 Å². The van der Waals surface area contributed by atoms with Gasteiger partial charge in [-0.15, -0.1) is 0 Å². The average Bonchev–Trinajstić information content (AvgIpc) is 3.46. The third-order valence-corrected chi connectivity index (χ3v) is 9.24. The van der Waals surface area contributed by atoms with Crippen molar-refractivity contribution in [2.75, 3.05) is 44.7 Å². The summed E-state index contributed by atoms with van der Waals surface area (Å²) >= 11 is 6.70. The van der Waals surface area contributed by atoms with Gasteiger partial charge in [0, 0.05) is 53.8 Å². The number of allylic oxidation sites excluding steroid dienone is 2. The van der Waals surface area contributed by atoms with E-state index >= 15 is 0 Å². The fourth-order valence-electron chi connectivity index (χ4n) is 6.61. The Balaban J connectivity index is 1.37. The topological polar surface area (TPSA) is 109 Å². The summed E-state index contributed by atoms with van der Waals surface area (Å²) in [6.07, 6.45) is 8.51. The van der Waals surface area contributed by atoms with Crippen LogP contribution in [-0.4, -0.2) is 77.6 Å². The lowest BCUT2D eigenvalue weighted by molar-refractivity contribution is -0.128. The molecule has 2 fully saturated rings. The molecule has 224 valence electrons. The second-order valence-corrected chi connectivity index (χ2v) is 12.0. The van der Waals surface area contributed by atoms with E-state index in [9.17, 15) is 10.1 Å². The number of hydrogen-bond donors (Lipinski definition) is 0. The molecule has 9 nitrogen and oxygen atoms in total. The number of fused-ring (bicyclic) bond motifs is 2. The maximum atomic E-state index is 12.8. The Bertz CT molecular complexity index is 1720. The molecule has 3 aromatic rings. The molecule has 0 unspecified atom stereocenters. The van der Waals surface area contributed by atoms with E-state index in [1.807, 2.05) is 18.2 Å². The Morgan fingerprint density at radius 3 is 2.73 bits per heavy atom. The van der Waals surface area contributed by atoms with E-state index in [0.29, 0.717) is 38.3 Å². The lowest BCUT2D eigenvalue weighted by Crippen LogP contribution is -2.55. The van der Waals surface area contributed by atoms with Gasteiger partial charge in [0.25, 0.3) is 0 Å². The maximum Gasteiger partial charge on any atom is 0.318 e. The van der Waals surface area contributed by atoms with E-state index in [0.717, 1.165) is 76.2 Å². The highest BCUT2D eigenvalue weighted by atomic mass is 35.5. The Hall–Kier alpha value is -4.44. The largest absolute Gasteiger partial charge is 0.462 e. The minimum absolute atomic E-state index is 0.180. The highest BCUT2D eigenvalue weighted by Gasteiger charge is 2.33. The number of ether oxygens (including phenoxy) is 1. The summed E-state index contributed by atoms with van der Waals surface area (Å²) in [5, 5.41) is 21.3. The monoisotopic (exact) mass is 607 g/mol. The first-order valence-corrected chi connectivity index (χ1v) is 15.5. The van der Waals surface area contributed by atoms with E-state index in [-0.39, 0.29) is 18.4 Å². The molecule has 44 heavy (non-hydrogen) atoms. The van der Waals surface area contributed by atoms with Crippen molar-refractivity contribution in [1.29, 1.82) is 10.5 Å². The second kappa shape index (κ2) is 13.1. The van der Waals surface area contributed by atoms with Gasteiger partial charge in [0.1, 0.15) is 12.4 Å². The first kappa shape index (κ1) is 29.6. The molecule has 3 heterocycles. The second-order valence-electron chi connectivity index (χ2n) is 11.6. The zero-order chi connectivity index (χ0) is 30.6. The number of carbonyl (C=O) groups is 1. The number of amides is 1. The number of carbonyl (C=O) groups excluding carboxylic acids is 1. The van der Waals surface area contributed by atoms with Crippen LogP contribution >= 0.6 is 11.6 Å². The van der Waals surface area contributed by atoms with Crippen molar-refractivity contribution >= 4 is 45.7 Å². The zero-order valence-electron chi connectivity index (χ0n) is 24.7. The first-order valence-electron chi connectivity index (χ1n) is 15.1. The van der Waals surface area contributed by atoms with Gasteiger partial charge in [0.2, 0.25) is 5.91 Å². The first-order chi connectivity index (χ1) is 21.5. The number of anilines is 1. The highest BCUT2D eigenvalue weighted by Crippen LogP contribution is 2.39. The molecular formula is C34H34ClN7O2. The molecule has 2 aliphatic heterocycles. The van der Waals surface area contributed by atoms with Crippen molar-refractivity contribution in [1.82, 2.24) is 19.8 Å². The van der Waals surface area contributed by atoms with Crippen molar-refractivity contribution in [3.05, 3.63) is 70.4 Å². The molecule has 6 rings (SSSR count). The molecular weight excluding hydrogens is 574 g/mol. The molecule has 2 saturated heterocycles. The molecule has 0 saturated carbocycles. The molecule has 1 amide bonds. The molecule has 0 bridgehead atoms. The van der Waals surface area contributed by atoms with Crippen LogP contribution in [0.2, 0.25) is 5.02 Å².